The van der Waals surface area contributed by atoms with E-state index in [2.05, 4.69) is 29.8 Å². The highest BCUT2D eigenvalue weighted by molar-refractivity contribution is 5.94. The molecule has 43 heavy (non-hydrogen) atoms. The van der Waals surface area contributed by atoms with Crippen molar-refractivity contribution in [3.05, 3.63) is 29.8 Å². The first-order valence-electron chi connectivity index (χ1n) is 15.4. The van der Waals surface area contributed by atoms with Crippen molar-refractivity contribution in [2.24, 2.45) is 5.73 Å². The Hall–Kier alpha value is -3.06. The van der Waals surface area contributed by atoms with E-state index in [4.69, 9.17) is 24.7 Å². The lowest BCUT2D eigenvalue weighted by molar-refractivity contribution is -0.131. The largest absolute Gasteiger partial charge is 0.385 e. The van der Waals surface area contributed by atoms with E-state index in [9.17, 15) is 19.2 Å². The highest BCUT2D eigenvalue weighted by atomic mass is 16.5. The van der Waals surface area contributed by atoms with E-state index < -0.39 is 17.9 Å². The quantitative estimate of drug-likeness (QED) is 0.105. The van der Waals surface area contributed by atoms with Crippen molar-refractivity contribution in [1.82, 2.24) is 10.6 Å². The van der Waals surface area contributed by atoms with Crippen molar-refractivity contribution in [2.75, 3.05) is 71.3 Å². The maximum Gasteiger partial charge on any atom is 0.251 e. The molecular formula is C31H52N4O8. The van der Waals surface area contributed by atoms with E-state index in [1.165, 1.54) is 0 Å². The number of nitrogens with one attached hydrogen (secondary N) is 3. The van der Waals surface area contributed by atoms with Crippen LogP contribution in [0.25, 0.3) is 0 Å². The highest BCUT2D eigenvalue weighted by Gasteiger charge is 2.17. The Balaban J connectivity index is 2.06. The van der Waals surface area contributed by atoms with Gasteiger partial charge in [-0.3, -0.25) is 19.2 Å². The first-order chi connectivity index (χ1) is 20.9. The maximum atomic E-state index is 12.3. The second kappa shape index (κ2) is 25.4. The summed E-state index contributed by atoms with van der Waals surface area (Å²) in [5.74, 6) is -1.23. The Labute approximate surface area is 256 Å². The Morgan fingerprint density at radius 3 is 2.05 bits per heavy atom. The molecular weight excluding hydrogens is 556 g/mol. The van der Waals surface area contributed by atoms with Gasteiger partial charge in [-0.1, -0.05) is 20.3 Å². The number of anilines is 1. The number of unbranched alkanes of at least 4 members (excludes halogenated alkanes) is 2. The SMILES string of the molecule is CCCCOCCOCC(=O)CCCOCCOCC(=O)N[C@@H](CCCCNC(=O)c1ccc(NCCC)cc1)C(N)=O. The number of rotatable bonds is 28. The third-order valence-electron chi connectivity index (χ3n) is 6.24. The van der Waals surface area contributed by atoms with Gasteiger partial charge in [0.2, 0.25) is 11.8 Å². The van der Waals surface area contributed by atoms with Crippen molar-refractivity contribution in [2.45, 2.75) is 71.3 Å². The van der Waals surface area contributed by atoms with E-state index in [0.717, 1.165) is 31.5 Å². The molecule has 3 amide bonds. The molecule has 5 N–H and O–H groups in total. The van der Waals surface area contributed by atoms with Crippen LogP contribution in [-0.4, -0.2) is 95.5 Å². The predicted molar refractivity (Wildman–Crippen MR) is 165 cm³/mol. The number of Topliss-reactive ketones (excluding diaryl/α,β-unsaturated/α-hetero) is 1. The van der Waals surface area contributed by atoms with Gasteiger partial charge >= 0.3 is 0 Å². The van der Waals surface area contributed by atoms with Crippen LogP contribution in [0, 0.1) is 0 Å². The topological polar surface area (TPSA) is 167 Å². The number of carbonyl (C=O) groups excluding carboxylic acids is 4. The Morgan fingerprint density at radius 2 is 1.40 bits per heavy atom. The molecule has 0 unspecified atom stereocenters. The normalized spacial score (nSPS) is 11.6. The number of hydrogen-bond acceptors (Lipinski definition) is 9. The average molecular weight is 609 g/mol. The summed E-state index contributed by atoms with van der Waals surface area (Å²) in [5.41, 5.74) is 6.99. The Kier molecular flexibility index (Phi) is 22.5. The van der Waals surface area contributed by atoms with Gasteiger partial charge in [0.25, 0.3) is 5.91 Å². The van der Waals surface area contributed by atoms with Crippen molar-refractivity contribution >= 4 is 29.2 Å². The highest BCUT2D eigenvalue weighted by Crippen LogP contribution is 2.10. The number of ether oxygens (including phenoxy) is 4. The minimum Gasteiger partial charge on any atom is -0.385 e. The summed E-state index contributed by atoms with van der Waals surface area (Å²) in [4.78, 5) is 48.0. The molecule has 0 aromatic heterocycles. The molecule has 0 bridgehead atoms. The number of amides is 3. The van der Waals surface area contributed by atoms with Crippen LogP contribution in [0.1, 0.15) is 75.6 Å². The Morgan fingerprint density at radius 1 is 0.744 bits per heavy atom. The van der Waals surface area contributed by atoms with Crippen molar-refractivity contribution in [3.63, 3.8) is 0 Å². The summed E-state index contributed by atoms with van der Waals surface area (Å²) in [5, 5.41) is 8.71. The van der Waals surface area contributed by atoms with Gasteiger partial charge in [-0.15, -0.1) is 0 Å². The number of ketones is 1. The van der Waals surface area contributed by atoms with Crippen molar-refractivity contribution in [3.8, 4) is 0 Å². The molecule has 244 valence electrons. The first-order valence-corrected chi connectivity index (χ1v) is 15.4. The van der Waals surface area contributed by atoms with Gasteiger partial charge in [-0.05, 0) is 62.8 Å². The van der Waals surface area contributed by atoms with Gasteiger partial charge in [-0.25, -0.2) is 0 Å². The molecule has 1 atom stereocenters. The second-order valence-corrected chi connectivity index (χ2v) is 10.1. The van der Waals surface area contributed by atoms with Gasteiger partial charge in [0.15, 0.2) is 5.78 Å². The van der Waals surface area contributed by atoms with Crippen LogP contribution < -0.4 is 21.7 Å². The lowest BCUT2D eigenvalue weighted by atomic mass is 10.1. The lowest BCUT2D eigenvalue weighted by Crippen LogP contribution is -2.45. The van der Waals surface area contributed by atoms with Gasteiger partial charge in [0.1, 0.15) is 19.3 Å². The molecule has 12 heteroatoms. The monoisotopic (exact) mass is 608 g/mol. The molecule has 0 aliphatic heterocycles. The van der Waals surface area contributed by atoms with Crippen LogP contribution in [-0.2, 0) is 33.3 Å². The van der Waals surface area contributed by atoms with Crippen LogP contribution in [0.3, 0.4) is 0 Å². The van der Waals surface area contributed by atoms with Gasteiger partial charge in [0.05, 0.1) is 26.4 Å². The van der Waals surface area contributed by atoms with Gasteiger partial charge in [0, 0.05) is 44.0 Å². The van der Waals surface area contributed by atoms with Crippen molar-refractivity contribution in [1.29, 1.82) is 0 Å². The van der Waals surface area contributed by atoms with Crippen molar-refractivity contribution < 1.29 is 38.1 Å². The summed E-state index contributed by atoms with van der Waals surface area (Å²) in [6.07, 6.45) is 5.63. The molecule has 0 radical (unpaired) electrons. The average Bonchev–Trinajstić information content (AvgIpc) is 3.00. The van der Waals surface area contributed by atoms with Crippen LogP contribution in [0.2, 0.25) is 0 Å². The summed E-state index contributed by atoms with van der Waals surface area (Å²) in [7, 11) is 0. The van der Waals surface area contributed by atoms with Gasteiger partial charge < -0.3 is 40.6 Å². The fourth-order valence-electron chi connectivity index (χ4n) is 3.79. The van der Waals surface area contributed by atoms with Crippen LogP contribution in [0.15, 0.2) is 24.3 Å². The number of hydrogen-bond donors (Lipinski definition) is 4. The summed E-state index contributed by atoms with van der Waals surface area (Å²) >= 11 is 0. The number of primary amides is 1. The standard InChI is InChI=1S/C31H52N4O8/c1-3-5-17-40-19-21-42-23-27(36)9-8-18-41-20-22-43-24-29(37)35-28(30(32)38)10-6-7-16-34-31(39)25-11-13-26(14-12-25)33-15-4-2/h11-14,28,33H,3-10,15-24H2,1-2H3,(H2,32,38)(H,34,39)(H,35,37)/t28-/m0/s1. The van der Waals surface area contributed by atoms with Crippen LogP contribution >= 0.6 is 0 Å². The summed E-state index contributed by atoms with van der Waals surface area (Å²) < 4.78 is 21.4. The molecule has 1 rings (SSSR count). The van der Waals surface area contributed by atoms with E-state index >= 15 is 0 Å². The zero-order valence-corrected chi connectivity index (χ0v) is 26.0. The molecule has 0 heterocycles. The zero-order valence-electron chi connectivity index (χ0n) is 26.0. The first kappa shape index (κ1) is 38.0. The number of nitrogens with two attached hydrogens (primary N) is 1. The van der Waals surface area contributed by atoms with Crippen LogP contribution in [0.5, 0.6) is 0 Å². The molecule has 0 saturated carbocycles. The minimum atomic E-state index is -0.818. The fraction of sp³-hybridized carbons (Fsp3) is 0.677. The molecule has 1 aromatic rings. The van der Waals surface area contributed by atoms with E-state index in [1.54, 1.807) is 12.1 Å². The second-order valence-electron chi connectivity index (χ2n) is 10.1. The minimum absolute atomic E-state index is 0.0140. The smallest absolute Gasteiger partial charge is 0.251 e. The maximum absolute atomic E-state index is 12.3. The van der Waals surface area contributed by atoms with E-state index in [-0.39, 0.29) is 38.1 Å². The Bertz CT molecular complexity index is 914. The molecule has 0 fully saturated rings. The fourth-order valence-corrected chi connectivity index (χ4v) is 3.79. The summed E-state index contributed by atoms with van der Waals surface area (Å²) in [6, 6.07) is 6.47. The molecule has 1 aromatic carbocycles. The van der Waals surface area contributed by atoms with Gasteiger partial charge in [-0.2, -0.15) is 0 Å². The van der Waals surface area contributed by atoms with E-state index in [1.807, 2.05) is 12.1 Å². The lowest BCUT2D eigenvalue weighted by Gasteiger charge is -2.15. The summed E-state index contributed by atoms with van der Waals surface area (Å²) in [6.45, 7) is 7.83. The molecule has 0 spiro atoms. The third kappa shape index (κ3) is 20.5. The molecule has 0 saturated heterocycles. The third-order valence-corrected chi connectivity index (χ3v) is 6.24. The number of benzene rings is 1. The van der Waals surface area contributed by atoms with E-state index in [0.29, 0.717) is 70.6 Å². The van der Waals surface area contributed by atoms with Crippen LogP contribution in [0.4, 0.5) is 5.69 Å². The zero-order chi connectivity index (χ0) is 31.5. The molecule has 0 aliphatic carbocycles. The number of carbonyl (C=O) groups is 4. The molecule has 0 aliphatic rings. The predicted octanol–water partition coefficient (Wildman–Crippen LogP) is 2.59. The molecule has 12 nitrogen and oxygen atoms in total.